The molecule has 7 nitrogen and oxygen atoms in total. The summed E-state index contributed by atoms with van der Waals surface area (Å²) < 4.78 is 16.0. The summed E-state index contributed by atoms with van der Waals surface area (Å²) in [6.45, 7) is 2.42. The van der Waals surface area contributed by atoms with Crippen molar-refractivity contribution in [3.8, 4) is 11.5 Å². The SMILES string of the molecule is COCCCNC(=S)N(C)NC(=O)/C=C/c1ccc2c(c1)OCCO2. The Morgan fingerprint density at radius 3 is 2.88 bits per heavy atom. The second-order valence-corrected chi connectivity index (χ2v) is 5.74. The van der Waals surface area contributed by atoms with E-state index in [1.165, 1.54) is 11.1 Å². The van der Waals surface area contributed by atoms with Crippen molar-refractivity contribution in [3.63, 3.8) is 0 Å². The van der Waals surface area contributed by atoms with Gasteiger partial charge in [-0.15, -0.1) is 0 Å². The summed E-state index contributed by atoms with van der Waals surface area (Å²) in [5.41, 5.74) is 3.52. The maximum absolute atomic E-state index is 12.0. The highest BCUT2D eigenvalue weighted by Crippen LogP contribution is 2.30. The van der Waals surface area contributed by atoms with E-state index in [1.54, 1.807) is 20.2 Å². The molecule has 2 N–H and O–H groups in total. The maximum Gasteiger partial charge on any atom is 0.262 e. The summed E-state index contributed by atoms with van der Waals surface area (Å²) in [5.74, 6) is 1.13. The van der Waals surface area contributed by atoms with Crippen LogP contribution in [0.3, 0.4) is 0 Å². The molecule has 0 aromatic heterocycles. The topological polar surface area (TPSA) is 72.1 Å². The smallest absolute Gasteiger partial charge is 0.262 e. The lowest BCUT2D eigenvalue weighted by molar-refractivity contribution is -0.119. The Bertz CT molecular complexity index is 636. The molecule has 1 amide bonds. The number of methoxy groups -OCH3 is 1. The van der Waals surface area contributed by atoms with Crippen molar-refractivity contribution in [2.24, 2.45) is 0 Å². The summed E-state index contributed by atoms with van der Waals surface area (Å²) in [6.07, 6.45) is 3.98. The number of benzene rings is 1. The van der Waals surface area contributed by atoms with E-state index in [4.69, 9.17) is 26.4 Å². The largest absolute Gasteiger partial charge is 0.486 e. The average Bonchev–Trinajstić information content (AvgIpc) is 2.63. The van der Waals surface area contributed by atoms with Crippen LogP contribution in [0.15, 0.2) is 24.3 Å². The number of amides is 1. The van der Waals surface area contributed by atoms with E-state index in [0.717, 1.165) is 17.7 Å². The predicted molar refractivity (Wildman–Crippen MR) is 99.5 cm³/mol. The van der Waals surface area contributed by atoms with Crippen LogP contribution in [0.4, 0.5) is 0 Å². The first-order valence-electron chi connectivity index (χ1n) is 7.99. The fourth-order valence-electron chi connectivity index (χ4n) is 2.12. The van der Waals surface area contributed by atoms with E-state index >= 15 is 0 Å². The molecule has 1 aromatic carbocycles. The van der Waals surface area contributed by atoms with Gasteiger partial charge in [-0.1, -0.05) is 6.07 Å². The molecule has 1 aliphatic rings. The van der Waals surface area contributed by atoms with Gasteiger partial charge in [0.1, 0.15) is 13.2 Å². The molecule has 0 aliphatic carbocycles. The van der Waals surface area contributed by atoms with E-state index < -0.39 is 0 Å². The molecular weight excluding hydrogens is 342 g/mol. The van der Waals surface area contributed by atoms with Crippen LogP contribution < -0.4 is 20.2 Å². The highest BCUT2D eigenvalue weighted by atomic mass is 32.1. The van der Waals surface area contributed by atoms with Crippen LogP contribution in [0.2, 0.25) is 0 Å². The van der Waals surface area contributed by atoms with Crippen molar-refractivity contribution in [2.45, 2.75) is 6.42 Å². The lowest BCUT2D eigenvalue weighted by atomic mass is 10.2. The van der Waals surface area contributed by atoms with Gasteiger partial charge < -0.3 is 19.5 Å². The molecule has 0 fully saturated rings. The van der Waals surface area contributed by atoms with E-state index in [9.17, 15) is 4.79 Å². The minimum Gasteiger partial charge on any atom is -0.486 e. The zero-order chi connectivity index (χ0) is 18.1. The Balaban J connectivity index is 1.80. The first kappa shape index (κ1) is 19.0. The molecule has 0 radical (unpaired) electrons. The molecule has 0 bridgehead atoms. The Morgan fingerprint density at radius 2 is 2.12 bits per heavy atom. The molecule has 0 saturated carbocycles. The minimum absolute atomic E-state index is 0.279. The summed E-state index contributed by atoms with van der Waals surface area (Å²) in [6, 6.07) is 5.53. The monoisotopic (exact) mass is 365 g/mol. The maximum atomic E-state index is 12.0. The number of nitrogens with zero attached hydrogens (tertiary/aromatic N) is 1. The molecule has 0 unspecified atom stereocenters. The number of hydrogen-bond donors (Lipinski definition) is 2. The van der Waals surface area contributed by atoms with E-state index in [0.29, 0.717) is 37.2 Å². The quantitative estimate of drug-likeness (QED) is 0.341. The highest BCUT2D eigenvalue weighted by molar-refractivity contribution is 7.80. The van der Waals surface area contributed by atoms with Gasteiger partial charge in [0.2, 0.25) is 0 Å². The van der Waals surface area contributed by atoms with Crippen molar-refractivity contribution in [3.05, 3.63) is 29.8 Å². The van der Waals surface area contributed by atoms with Crippen LogP contribution >= 0.6 is 12.2 Å². The molecule has 0 saturated heterocycles. The molecule has 2 rings (SSSR count). The summed E-state index contributed by atoms with van der Waals surface area (Å²) in [4.78, 5) is 12.0. The van der Waals surface area contributed by atoms with Gasteiger partial charge in [-0.05, 0) is 42.4 Å². The van der Waals surface area contributed by atoms with Gasteiger partial charge in [-0.25, -0.2) is 0 Å². The molecule has 1 heterocycles. The van der Waals surface area contributed by atoms with E-state index in [-0.39, 0.29) is 5.91 Å². The van der Waals surface area contributed by atoms with Gasteiger partial charge >= 0.3 is 0 Å². The zero-order valence-electron chi connectivity index (χ0n) is 14.4. The molecule has 0 spiro atoms. The second-order valence-electron chi connectivity index (χ2n) is 5.35. The summed E-state index contributed by atoms with van der Waals surface area (Å²) >= 11 is 5.19. The Kier molecular flexibility index (Phi) is 7.49. The lowest BCUT2D eigenvalue weighted by Gasteiger charge is -2.21. The third-order valence-electron chi connectivity index (χ3n) is 3.38. The highest BCUT2D eigenvalue weighted by Gasteiger charge is 2.11. The van der Waals surface area contributed by atoms with Crippen LogP contribution in [-0.2, 0) is 9.53 Å². The number of thiocarbonyl (C=S) groups is 1. The van der Waals surface area contributed by atoms with Crippen molar-refractivity contribution in [1.82, 2.24) is 15.8 Å². The molecule has 25 heavy (non-hydrogen) atoms. The van der Waals surface area contributed by atoms with Crippen LogP contribution in [0.25, 0.3) is 6.08 Å². The number of fused-ring (bicyclic) bond motifs is 1. The summed E-state index contributed by atoms with van der Waals surface area (Å²) in [7, 11) is 3.33. The van der Waals surface area contributed by atoms with Crippen LogP contribution in [-0.4, -0.2) is 56.6 Å². The minimum atomic E-state index is -0.279. The van der Waals surface area contributed by atoms with Crippen LogP contribution in [0, 0.1) is 0 Å². The standard InChI is InChI=1S/C17H23N3O4S/c1-20(17(25)18-8-3-9-22-2)19-16(21)7-5-13-4-6-14-15(12-13)24-11-10-23-14/h4-7,12H,3,8-11H2,1-2H3,(H,18,25)(H,19,21)/b7-5+. The second kappa shape index (κ2) is 9.85. The molecular formula is C17H23N3O4S. The molecule has 136 valence electrons. The number of carbonyl (C=O) groups is 1. The van der Waals surface area contributed by atoms with Crippen molar-refractivity contribution >= 4 is 29.3 Å². The van der Waals surface area contributed by atoms with Gasteiger partial charge in [0.05, 0.1) is 0 Å². The van der Waals surface area contributed by atoms with Crippen LogP contribution in [0.5, 0.6) is 11.5 Å². The van der Waals surface area contributed by atoms with E-state index in [1.807, 2.05) is 18.2 Å². The molecule has 0 atom stereocenters. The molecule has 1 aliphatic heterocycles. The third-order valence-corrected chi connectivity index (χ3v) is 3.80. The Labute approximate surface area is 152 Å². The zero-order valence-corrected chi connectivity index (χ0v) is 15.2. The summed E-state index contributed by atoms with van der Waals surface area (Å²) in [5, 5.41) is 4.95. The van der Waals surface area contributed by atoms with Crippen LogP contribution in [0.1, 0.15) is 12.0 Å². The predicted octanol–water partition coefficient (Wildman–Crippen LogP) is 1.34. The number of rotatable bonds is 6. The van der Waals surface area contributed by atoms with E-state index in [2.05, 4.69) is 10.7 Å². The van der Waals surface area contributed by atoms with Gasteiger partial charge in [0, 0.05) is 33.4 Å². The van der Waals surface area contributed by atoms with Crippen molar-refractivity contribution in [1.29, 1.82) is 0 Å². The number of hydrazine groups is 1. The molecule has 8 heteroatoms. The Hall–Kier alpha value is -2.32. The fraction of sp³-hybridized carbons (Fsp3) is 0.412. The first-order valence-corrected chi connectivity index (χ1v) is 8.40. The normalized spacial score (nSPS) is 12.7. The van der Waals surface area contributed by atoms with Gasteiger partial charge in [-0.2, -0.15) is 0 Å². The first-order chi connectivity index (χ1) is 12.1. The van der Waals surface area contributed by atoms with Gasteiger partial charge in [-0.3, -0.25) is 15.2 Å². The van der Waals surface area contributed by atoms with Crippen molar-refractivity contribution < 1.29 is 19.0 Å². The number of ether oxygens (including phenoxy) is 3. The van der Waals surface area contributed by atoms with Crippen molar-refractivity contribution in [2.75, 3.05) is 40.5 Å². The number of nitrogens with one attached hydrogen (secondary N) is 2. The number of carbonyl (C=O) groups excluding carboxylic acids is 1. The van der Waals surface area contributed by atoms with Gasteiger partial charge in [0.15, 0.2) is 16.6 Å². The molecule has 1 aromatic rings. The Morgan fingerprint density at radius 1 is 1.36 bits per heavy atom. The average molecular weight is 365 g/mol. The van der Waals surface area contributed by atoms with Gasteiger partial charge in [0.25, 0.3) is 5.91 Å². The number of hydrogen-bond acceptors (Lipinski definition) is 5. The fourth-order valence-corrected chi connectivity index (χ4v) is 2.27. The third kappa shape index (κ3) is 6.24. The lowest BCUT2D eigenvalue weighted by Crippen LogP contribution is -2.47.